The topological polar surface area (TPSA) is 56.7 Å². The van der Waals surface area contributed by atoms with Crippen LogP contribution in [0.15, 0.2) is 83.5 Å². The lowest BCUT2D eigenvalue weighted by atomic mass is 10.0. The van der Waals surface area contributed by atoms with E-state index in [2.05, 4.69) is 35.1 Å². The van der Waals surface area contributed by atoms with Crippen molar-refractivity contribution in [2.75, 3.05) is 0 Å². The average Bonchev–Trinajstić information content (AvgIpc) is 3.34. The number of hydrogen-bond donors (Lipinski definition) is 0. The molecule has 6 rings (SSSR count). The first kappa shape index (κ1) is 16.0. The molecule has 5 nitrogen and oxygen atoms in total. The maximum absolute atomic E-state index is 6.31. The van der Waals surface area contributed by atoms with E-state index in [9.17, 15) is 0 Å². The number of benzene rings is 3. The molecule has 3 heterocycles. The largest absolute Gasteiger partial charge is 0.455 e. The normalized spacial score (nSPS) is 11.6. The summed E-state index contributed by atoms with van der Waals surface area (Å²) >= 11 is 0. The van der Waals surface area contributed by atoms with Crippen molar-refractivity contribution in [2.45, 2.75) is 6.92 Å². The third-order valence-electron chi connectivity index (χ3n) is 5.29. The number of nitrogens with zero attached hydrogens (tertiary/aromatic N) is 4. The van der Waals surface area contributed by atoms with Gasteiger partial charge >= 0.3 is 0 Å². The summed E-state index contributed by atoms with van der Waals surface area (Å²) < 4.78 is 8.35. The van der Waals surface area contributed by atoms with Crippen LogP contribution in [-0.4, -0.2) is 19.5 Å². The molecular weight excluding hydrogens is 360 g/mol. The van der Waals surface area contributed by atoms with Gasteiger partial charge in [0.25, 0.3) is 0 Å². The molecule has 29 heavy (non-hydrogen) atoms. The first-order valence-electron chi connectivity index (χ1n) is 9.47. The second-order valence-corrected chi connectivity index (χ2v) is 7.04. The van der Waals surface area contributed by atoms with E-state index in [1.54, 1.807) is 12.4 Å². The predicted octanol–water partition coefficient (Wildman–Crippen LogP) is 5.69. The van der Waals surface area contributed by atoms with E-state index in [1.807, 2.05) is 53.1 Å². The van der Waals surface area contributed by atoms with E-state index in [1.165, 1.54) is 5.56 Å². The third kappa shape index (κ3) is 2.31. The van der Waals surface area contributed by atoms with Crippen LogP contribution in [-0.2, 0) is 0 Å². The van der Waals surface area contributed by atoms with Gasteiger partial charge in [0.05, 0.1) is 5.56 Å². The molecule has 0 N–H and O–H groups in total. The number of hydrogen-bond acceptors (Lipinski definition) is 4. The Morgan fingerprint density at radius 1 is 0.828 bits per heavy atom. The Balaban J connectivity index is 1.76. The molecular formula is C24H16N4O. The molecule has 0 saturated carbocycles. The molecule has 0 aliphatic rings. The Labute approximate surface area is 166 Å². The molecule has 3 aromatic carbocycles. The van der Waals surface area contributed by atoms with Crippen molar-refractivity contribution in [1.29, 1.82) is 0 Å². The van der Waals surface area contributed by atoms with Gasteiger partial charge in [-0.05, 0) is 36.8 Å². The fourth-order valence-electron chi connectivity index (χ4n) is 3.98. The number of fused-ring (bicyclic) bond motifs is 4. The van der Waals surface area contributed by atoms with Gasteiger partial charge in [-0.3, -0.25) is 4.57 Å². The number of rotatable bonds is 2. The van der Waals surface area contributed by atoms with Crippen molar-refractivity contribution in [2.24, 2.45) is 0 Å². The fraction of sp³-hybridized carbons (Fsp3) is 0.0417. The van der Waals surface area contributed by atoms with Gasteiger partial charge in [-0.15, -0.1) is 0 Å². The first-order chi connectivity index (χ1) is 14.3. The highest BCUT2D eigenvalue weighted by molar-refractivity contribution is 6.11. The Kier molecular flexibility index (Phi) is 3.32. The second-order valence-electron chi connectivity index (χ2n) is 7.04. The zero-order valence-electron chi connectivity index (χ0n) is 15.7. The van der Waals surface area contributed by atoms with Crippen LogP contribution in [0.25, 0.3) is 50.3 Å². The number of para-hydroxylation sites is 2. The predicted molar refractivity (Wildman–Crippen MR) is 114 cm³/mol. The summed E-state index contributed by atoms with van der Waals surface area (Å²) in [6.07, 6.45) is 3.36. The molecule has 0 radical (unpaired) electrons. The SMILES string of the molecule is Cc1ccc(-c2nc3nccnc3n2-c2ccccc2)c2oc3ccccc3c12. The summed E-state index contributed by atoms with van der Waals surface area (Å²) in [6, 6.07) is 22.4. The van der Waals surface area contributed by atoms with E-state index < -0.39 is 0 Å². The second kappa shape index (κ2) is 6.01. The van der Waals surface area contributed by atoms with Crippen molar-refractivity contribution >= 4 is 33.2 Å². The molecule has 138 valence electrons. The van der Waals surface area contributed by atoms with Crippen LogP contribution < -0.4 is 0 Å². The molecule has 0 aliphatic heterocycles. The molecule has 0 saturated heterocycles. The molecule has 0 bridgehead atoms. The quantitative estimate of drug-likeness (QED) is 0.389. The zero-order chi connectivity index (χ0) is 19.4. The molecule has 0 amide bonds. The molecule has 3 aromatic heterocycles. The fourth-order valence-corrected chi connectivity index (χ4v) is 3.98. The third-order valence-corrected chi connectivity index (χ3v) is 5.29. The summed E-state index contributed by atoms with van der Waals surface area (Å²) in [7, 11) is 0. The van der Waals surface area contributed by atoms with Crippen molar-refractivity contribution in [3.63, 3.8) is 0 Å². The van der Waals surface area contributed by atoms with Gasteiger partial charge in [0, 0.05) is 28.9 Å². The summed E-state index contributed by atoms with van der Waals surface area (Å²) in [5.41, 5.74) is 6.11. The molecule has 0 spiro atoms. The minimum atomic E-state index is 0.608. The highest BCUT2D eigenvalue weighted by Gasteiger charge is 2.21. The summed E-state index contributed by atoms with van der Waals surface area (Å²) in [6.45, 7) is 2.11. The Bertz CT molecular complexity index is 1510. The van der Waals surface area contributed by atoms with Gasteiger partial charge < -0.3 is 4.42 Å². The standard InChI is InChI=1S/C24H16N4O/c1-15-11-12-18(21-20(15)17-9-5-6-10-19(17)29-21)23-27-22-24(26-14-13-25-22)28(23)16-7-3-2-4-8-16/h2-14H,1H3. The Hall–Kier alpha value is -3.99. The highest BCUT2D eigenvalue weighted by atomic mass is 16.3. The monoisotopic (exact) mass is 376 g/mol. The minimum absolute atomic E-state index is 0.608. The van der Waals surface area contributed by atoms with E-state index in [0.29, 0.717) is 5.65 Å². The number of aryl methyl sites for hydroxylation is 1. The van der Waals surface area contributed by atoms with Crippen LogP contribution in [0.3, 0.4) is 0 Å². The number of imidazole rings is 1. The lowest BCUT2D eigenvalue weighted by Gasteiger charge is -2.09. The lowest BCUT2D eigenvalue weighted by molar-refractivity contribution is 0.669. The van der Waals surface area contributed by atoms with Crippen molar-refractivity contribution in [1.82, 2.24) is 19.5 Å². The average molecular weight is 376 g/mol. The summed E-state index contributed by atoms with van der Waals surface area (Å²) in [4.78, 5) is 13.8. The maximum atomic E-state index is 6.31. The van der Waals surface area contributed by atoms with Crippen LogP contribution in [0, 0.1) is 6.92 Å². The van der Waals surface area contributed by atoms with Gasteiger partial charge in [0.15, 0.2) is 17.1 Å². The van der Waals surface area contributed by atoms with Crippen LogP contribution in [0.1, 0.15) is 5.56 Å². The zero-order valence-corrected chi connectivity index (χ0v) is 15.7. The highest BCUT2D eigenvalue weighted by Crippen LogP contribution is 2.38. The molecule has 0 fully saturated rings. The van der Waals surface area contributed by atoms with Gasteiger partial charge in [0.2, 0.25) is 0 Å². The van der Waals surface area contributed by atoms with Gasteiger partial charge in [-0.25, -0.2) is 15.0 Å². The first-order valence-corrected chi connectivity index (χ1v) is 9.47. The van der Waals surface area contributed by atoms with Gasteiger partial charge in [-0.1, -0.05) is 42.5 Å². The van der Waals surface area contributed by atoms with Crippen LogP contribution in [0.4, 0.5) is 0 Å². The smallest absolute Gasteiger partial charge is 0.198 e. The minimum Gasteiger partial charge on any atom is -0.455 e. The summed E-state index contributed by atoms with van der Waals surface area (Å²) in [5.74, 6) is 0.765. The van der Waals surface area contributed by atoms with Crippen molar-refractivity contribution < 1.29 is 4.42 Å². The number of aromatic nitrogens is 4. The molecule has 0 aliphatic carbocycles. The molecule has 5 heteroatoms. The van der Waals surface area contributed by atoms with Crippen LogP contribution in [0.5, 0.6) is 0 Å². The maximum Gasteiger partial charge on any atom is 0.198 e. The molecule has 6 aromatic rings. The van der Waals surface area contributed by atoms with E-state index in [0.717, 1.165) is 44.7 Å². The van der Waals surface area contributed by atoms with Crippen LogP contribution in [0.2, 0.25) is 0 Å². The molecule has 0 atom stereocenters. The van der Waals surface area contributed by atoms with E-state index >= 15 is 0 Å². The van der Waals surface area contributed by atoms with Crippen molar-refractivity contribution in [3.8, 4) is 17.1 Å². The summed E-state index contributed by atoms with van der Waals surface area (Å²) in [5, 5.41) is 2.23. The molecule has 0 unspecified atom stereocenters. The van der Waals surface area contributed by atoms with Crippen LogP contribution >= 0.6 is 0 Å². The number of furan rings is 1. The Morgan fingerprint density at radius 2 is 1.62 bits per heavy atom. The van der Waals surface area contributed by atoms with E-state index in [4.69, 9.17) is 9.40 Å². The van der Waals surface area contributed by atoms with Gasteiger partial charge in [0.1, 0.15) is 11.2 Å². The lowest BCUT2D eigenvalue weighted by Crippen LogP contribution is -1.99. The Morgan fingerprint density at radius 3 is 2.52 bits per heavy atom. The van der Waals surface area contributed by atoms with Gasteiger partial charge in [-0.2, -0.15) is 0 Å². The van der Waals surface area contributed by atoms with E-state index in [-0.39, 0.29) is 0 Å². The van der Waals surface area contributed by atoms with Crippen molar-refractivity contribution in [3.05, 3.63) is 84.7 Å².